The van der Waals surface area contributed by atoms with Crippen molar-refractivity contribution in [2.75, 3.05) is 76.0 Å². The van der Waals surface area contributed by atoms with Crippen molar-refractivity contribution in [2.45, 2.75) is 532 Å². The van der Waals surface area contributed by atoms with Crippen molar-refractivity contribution >= 4 is 48.1 Å². The first-order valence-corrected chi connectivity index (χ1v) is 57.7. The number of hydrogen-bond donors (Lipinski definition) is 7. The number of carbonyl (C=O) groups excluding carboxylic acids is 8. The first-order valence-electron chi connectivity index (χ1n) is 57.7. The van der Waals surface area contributed by atoms with E-state index < -0.39 is 5.60 Å². The van der Waals surface area contributed by atoms with Crippen LogP contribution in [0.25, 0.3) is 0 Å². The first kappa shape index (κ1) is 134. The van der Waals surface area contributed by atoms with E-state index in [-0.39, 0.29) is 48.1 Å². The standard InChI is InChI=1S/C18H28N2O.C16H31NO2.4C15H30N2O.C14H28N2O.C13H25NO/c1-18(2,3)12-14-6-8-16(9-7-14)20-17(21)11-15-5-4-10-19-13-15;1-15(2,3)11-12-7-9-13(10-8-12)17-14(18)19-16(4,5)6;2*1-15(2,3)11-12-7-9-13(10-8-12)17(6)14(18)16(4)5;2*1-6-16-14(18)17(5)13-9-7-12(8-10-13)11-15(2,3)4;1-5-15-13(17)16-12-8-6-11(7-9-12)10-14(2,3)4;1-10(15)14-12-7-5-11(6-8-12)9-13(2,3)4/h4-5,10,13-14,16H,6-9,11-12H2,1-3H3,(H,20,21);12-13H,7-11H2,1-6H3,(H,17,18);2*12-13H,7-11H2,1-6H3;2*12-13H,6-11H2,1-5H3,(H,16,18);11-12H,5-10H2,1-4H3,(H2,15,16,17);11-12H,5-9H2,1-4H3,(H,14,15). The average molecular weight is 2030 g/mol. The lowest BCUT2D eigenvalue weighted by Crippen LogP contribution is -2.45. The summed E-state index contributed by atoms with van der Waals surface area (Å²) in [6.45, 7) is 70.9. The molecule has 7 N–H and O–H groups in total. The van der Waals surface area contributed by atoms with Crippen LogP contribution in [0.3, 0.4) is 0 Å². The number of nitrogens with zero attached hydrogens (tertiary/aromatic N) is 7. The number of hydrogen-bond acceptors (Lipinski definition) is 10. The van der Waals surface area contributed by atoms with Gasteiger partial charge in [0.15, 0.2) is 0 Å². The minimum atomic E-state index is -0.409. The Morgan fingerprint density at radius 2 is 0.535 bits per heavy atom. The molecular weight excluding hydrogens is 1790 g/mol. The van der Waals surface area contributed by atoms with Gasteiger partial charge < -0.3 is 71.4 Å². The maximum absolute atomic E-state index is 12.1. The molecular formula is C121H232N14O9. The van der Waals surface area contributed by atoms with Crippen LogP contribution in [0.2, 0.25) is 0 Å². The topological polar surface area (TPSA) is 262 Å². The van der Waals surface area contributed by atoms with Crippen LogP contribution in [-0.2, 0) is 20.7 Å². The van der Waals surface area contributed by atoms with Gasteiger partial charge in [0.25, 0.3) is 0 Å². The van der Waals surface area contributed by atoms with E-state index in [1.807, 2.05) is 130 Å². The molecule has 9 rings (SSSR count). The van der Waals surface area contributed by atoms with Crippen molar-refractivity contribution < 1.29 is 43.1 Å². The van der Waals surface area contributed by atoms with Crippen molar-refractivity contribution in [3.05, 3.63) is 30.1 Å². The summed E-state index contributed by atoms with van der Waals surface area (Å²) in [6.07, 6.45) is 52.6. The van der Waals surface area contributed by atoms with Gasteiger partial charge in [0.05, 0.1) is 6.42 Å². The van der Waals surface area contributed by atoms with Gasteiger partial charge in [-0.05, 0) is 401 Å². The second-order valence-electron chi connectivity index (χ2n) is 56.6. The molecule has 1 heterocycles. The van der Waals surface area contributed by atoms with E-state index in [0.29, 0.717) is 118 Å². The molecule has 0 bridgehead atoms. The van der Waals surface area contributed by atoms with Crippen LogP contribution in [0.4, 0.5) is 28.8 Å². The largest absolute Gasteiger partial charge is 0.444 e. The first-order chi connectivity index (χ1) is 66.3. The number of ether oxygens (including phenoxy) is 1. The number of amides is 13. The second-order valence-corrected chi connectivity index (χ2v) is 56.6. The van der Waals surface area contributed by atoms with E-state index in [1.165, 1.54) is 167 Å². The molecule has 8 aliphatic carbocycles. The van der Waals surface area contributed by atoms with Crippen molar-refractivity contribution in [1.29, 1.82) is 0 Å². The molecule has 8 aliphatic rings. The van der Waals surface area contributed by atoms with E-state index >= 15 is 0 Å². The van der Waals surface area contributed by atoms with Crippen LogP contribution >= 0.6 is 0 Å². The van der Waals surface area contributed by atoms with Gasteiger partial charge in [-0.15, -0.1) is 0 Å². The maximum atomic E-state index is 12.1. The lowest BCUT2D eigenvalue weighted by Gasteiger charge is -2.37. The summed E-state index contributed by atoms with van der Waals surface area (Å²) >= 11 is 0. The summed E-state index contributed by atoms with van der Waals surface area (Å²) in [4.78, 5) is 108. The molecule has 0 unspecified atom stereocenters. The zero-order valence-electron chi connectivity index (χ0n) is 101. The molecule has 8 fully saturated rings. The molecule has 8 saturated carbocycles. The molecule has 0 radical (unpaired) electrons. The number of pyridine rings is 1. The Balaban J connectivity index is 0.000000557. The Labute approximate surface area is 886 Å². The Morgan fingerprint density at radius 1 is 0.306 bits per heavy atom. The molecule has 1 aromatic rings. The van der Waals surface area contributed by atoms with E-state index in [9.17, 15) is 38.4 Å². The second kappa shape index (κ2) is 64.4. The summed E-state index contributed by atoms with van der Waals surface area (Å²) < 4.78 is 5.30. The van der Waals surface area contributed by atoms with Gasteiger partial charge in [-0.1, -0.05) is 172 Å². The number of carbonyl (C=O) groups is 8. The third-order valence-electron chi connectivity index (χ3n) is 30.0. The average Bonchev–Trinajstić information content (AvgIpc) is 0.843. The normalized spacial score (nSPS) is 24.9. The molecule has 0 saturated heterocycles. The molecule has 840 valence electrons. The summed E-state index contributed by atoms with van der Waals surface area (Å²) in [7, 11) is 15.0. The monoisotopic (exact) mass is 2030 g/mol. The van der Waals surface area contributed by atoms with Crippen LogP contribution in [0.5, 0.6) is 0 Å². The highest BCUT2D eigenvalue weighted by atomic mass is 16.6. The fourth-order valence-electron chi connectivity index (χ4n) is 23.9. The van der Waals surface area contributed by atoms with Gasteiger partial charge in [-0.2, -0.15) is 0 Å². The number of rotatable bonds is 21. The van der Waals surface area contributed by atoms with Gasteiger partial charge in [0, 0.05) is 144 Å². The quantitative estimate of drug-likeness (QED) is 0.0612. The zero-order chi connectivity index (χ0) is 110. The van der Waals surface area contributed by atoms with Gasteiger partial charge >= 0.3 is 36.2 Å². The van der Waals surface area contributed by atoms with Crippen LogP contribution in [-0.4, -0.2) is 212 Å². The van der Waals surface area contributed by atoms with Gasteiger partial charge in [0.1, 0.15) is 5.60 Å². The predicted molar refractivity (Wildman–Crippen MR) is 607 cm³/mol. The van der Waals surface area contributed by atoms with Crippen LogP contribution < -0.4 is 37.2 Å². The van der Waals surface area contributed by atoms with E-state index in [1.54, 1.807) is 29.1 Å². The Morgan fingerprint density at radius 3 is 0.750 bits per heavy atom. The van der Waals surface area contributed by atoms with Gasteiger partial charge in [0.2, 0.25) is 11.8 Å². The molecule has 23 heteroatoms. The van der Waals surface area contributed by atoms with Crippen molar-refractivity contribution in [1.82, 2.24) is 71.6 Å². The van der Waals surface area contributed by atoms with Crippen LogP contribution in [0.1, 0.15) is 477 Å². The summed E-state index contributed by atoms with van der Waals surface area (Å²) in [6, 6.07) is 7.50. The Bertz CT molecular complexity index is 3560. The fraction of sp³-hybridized carbons (Fsp3) is 0.893. The van der Waals surface area contributed by atoms with Crippen molar-refractivity contribution in [2.24, 2.45) is 90.7 Å². The number of urea groups is 5. The maximum Gasteiger partial charge on any atom is 0.407 e. The van der Waals surface area contributed by atoms with Crippen molar-refractivity contribution in [3.8, 4) is 0 Å². The van der Waals surface area contributed by atoms with E-state index in [2.05, 4.69) is 208 Å². The van der Waals surface area contributed by atoms with Gasteiger partial charge in [-0.25, -0.2) is 28.8 Å². The fourth-order valence-corrected chi connectivity index (χ4v) is 23.9. The summed E-state index contributed by atoms with van der Waals surface area (Å²) in [5.74, 6) is 7.02. The highest BCUT2D eigenvalue weighted by Crippen LogP contribution is 2.43. The van der Waals surface area contributed by atoms with E-state index in [4.69, 9.17) is 4.74 Å². The smallest absolute Gasteiger partial charge is 0.407 e. The predicted octanol–water partition coefficient (Wildman–Crippen LogP) is 29.1. The highest BCUT2D eigenvalue weighted by Gasteiger charge is 2.37. The molecule has 144 heavy (non-hydrogen) atoms. The number of aromatic nitrogens is 1. The third kappa shape index (κ3) is 64.3. The zero-order valence-corrected chi connectivity index (χ0v) is 101. The van der Waals surface area contributed by atoms with Gasteiger partial charge in [-0.3, -0.25) is 14.6 Å². The molecule has 13 amide bonds. The molecule has 0 aliphatic heterocycles. The Hall–Kier alpha value is -6.29. The van der Waals surface area contributed by atoms with Crippen molar-refractivity contribution in [3.63, 3.8) is 0 Å². The van der Waals surface area contributed by atoms with E-state index in [0.717, 1.165) is 143 Å². The lowest BCUT2D eigenvalue weighted by atomic mass is 9.76. The summed E-state index contributed by atoms with van der Waals surface area (Å²) in [5.41, 5.74) is 4.02. The SMILES string of the molecule is CC(=O)NC1CCC(CC(C)(C)C)CC1.CC(C)(C)CC1CCC(NC(=O)Cc2cccnc2)CC1.CC(C)(C)CC1CCC(NC(=O)OC(C)(C)C)CC1.CCNC(=O)N(C)C1CCC(CC(C)(C)C)CC1.CCNC(=O)N(C)C1CCC(CC(C)(C)C)CC1.CCNC(=O)NC1CCC(CC(C)(C)C)CC1.CN(C)C(=O)N(C)C1CCC(CC(C)(C)C)CC1.CN(C)C(=O)N(C)C1CCC(CC(C)(C)C)CC1. The molecule has 0 aromatic carbocycles. The lowest BCUT2D eigenvalue weighted by molar-refractivity contribution is -0.121. The third-order valence-corrected chi connectivity index (χ3v) is 30.0. The Kier molecular flexibility index (Phi) is 59.8. The molecule has 1 aromatic heterocycles. The van der Waals surface area contributed by atoms with Crippen LogP contribution in [0, 0.1) is 90.7 Å². The molecule has 0 spiro atoms. The number of nitrogens with one attached hydrogen (secondary N) is 7. The summed E-state index contributed by atoms with van der Waals surface area (Å²) in [5, 5.41) is 20.8. The highest BCUT2D eigenvalue weighted by molar-refractivity contribution is 5.79. The minimum absolute atomic E-state index is 0.00762. The molecule has 0 atom stereocenters. The molecule has 23 nitrogen and oxygen atoms in total. The van der Waals surface area contributed by atoms with Crippen LogP contribution in [0.15, 0.2) is 24.5 Å². The minimum Gasteiger partial charge on any atom is -0.444 e. The number of alkyl carbamates (subject to hydrolysis) is 1.